The normalized spacial score (nSPS) is 14.1. The van der Waals surface area contributed by atoms with Gasteiger partial charge in [-0.2, -0.15) is 0 Å². The van der Waals surface area contributed by atoms with Crippen molar-refractivity contribution in [2.75, 3.05) is 26.3 Å². The topological polar surface area (TPSA) is 51.7 Å². The van der Waals surface area contributed by atoms with E-state index >= 15 is 0 Å². The predicted octanol–water partition coefficient (Wildman–Crippen LogP) is 4.31. The van der Waals surface area contributed by atoms with Crippen molar-refractivity contribution in [3.05, 3.63) is 70.5 Å². The predicted molar refractivity (Wildman–Crippen MR) is 110 cm³/mol. The summed E-state index contributed by atoms with van der Waals surface area (Å²) in [6, 6.07) is 12.7. The molecule has 0 spiro atoms. The first-order valence-electron chi connectivity index (χ1n) is 9.41. The molecule has 1 fully saturated rings. The number of carbonyl (C=O) groups is 1. The SMILES string of the molecule is Cc1cccc(COc2ccc(-c3nc(C(=O)N4CCOCC4)cs3)c(F)c2)c1. The van der Waals surface area contributed by atoms with Crippen LogP contribution in [-0.4, -0.2) is 42.1 Å². The average Bonchev–Trinajstić information content (AvgIpc) is 3.22. The second kappa shape index (κ2) is 8.71. The van der Waals surface area contributed by atoms with Crippen LogP contribution in [-0.2, 0) is 11.3 Å². The van der Waals surface area contributed by atoms with E-state index in [0.29, 0.717) is 54.9 Å². The van der Waals surface area contributed by atoms with Crippen molar-refractivity contribution < 1.29 is 18.7 Å². The highest BCUT2D eigenvalue weighted by Crippen LogP contribution is 2.29. The highest BCUT2D eigenvalue weighted by Gasteiger charge is 2.22. The number of benzene rings is 2. The summed E-state index contributed by atoms with van der Waals surface area (Å²) in [6.45, 7) is 4.54. The van der Waals surface area contributed by atoms with Gasteiger partial charge in [0.05, 0.1) is 13.2 Å². The van der Waals surface area contributed by atoms with E-state index in [0.717, 1.165) is 11.1 Å². The van der Waals surface area contributed by atoms with Crippen LogP contribution in [0.5, 0.6) is 5.75 Å². The summed E-state index contributed by atoms with van der Waals surface area (Å²) in [6.07, 6.45) is 0. The molecule has 0 atom stereocenters. The van der Waals surface area contributed by atoms with Crippen molar-refractivity contribution in [3.63, 3.8) is 0 Å². The van der Waals surface area contributed by atoms with Gasteiger partial charge in [0.1, 0.15) is 28.9 Å². The smallest absolute Gasteiger partial charge is 0.273 e. The highest BCUT2D eigenvalue weighted by atomic mass is 32.1. The average molecular weight is 412 g/mol. The third-order valence-electron chi connectivity index (χ3n) is 4.68. The molecule has 0 bridgehead atoms. The third kappa shape index (κ3) is 4.63. The van der Waals surface area contributed by atoms with Gasteiger partial charge in [0.15, 0.2) is 0 Å². The van der Waals surface area contributed by atoms with Crippen LogP contribution in [0.25, 0.3) is 10.6 Å². The van der Waals surface area contributed by atoms with E-state index in [2.05, 4.69) is 4.98 Å². The van der Waals surface area contributed by atoms with Gasteiger partial charge in [-0.3, -0.25) is 4.79 Å². The maximum atomic E-state index is 14.7. The molecule has 0 unspecified atom stereocenters. The van der Waals surface area contributed by atoms with Gasteiger partial charge in [0.2, 0.25) is 0 Å². The summed E-state index contributed by atoms with van der Waals surface area (Å²) in [5.74, 6) is -0.116. The molecule has 1 aromatic heterocycles. The lowest BCUT2D eigenvalue weighted by molar-refractivity contribution is 0.0299. The molecular weight excluding hydrogens is 391 g/mol. The number of hydrogen-bond acceptors (Lipinski definition) is 5. The van der Waals surface area contributed by atoms with Crippen LogP contribution in [0.2, 0.25) is 0 Å². The van der Waals surface area contributed by atoms with E-state index in [1.165, 1.54) is 17.4 Å². The van der Waals surface area contributed by atoms with Gasteiger partial charge in [-0.15, -0.1) is 11.3 Å². The lowest BCUT2D eigenvalue weighted by Gasteiger charge is -2.25. The van der Waals surface area contributed by atoms with Crippen LogP contribution < -0.4 is 4.74 Å². The Labute approximate surface area is 172 Å². The molecule has 0 N–H and O–H groups in total. The number of hydrogen-bond donors (Lipinski definition) is 0. The Kier molecular flexibility index (Phi) is 5.87. The molecule has 1 saturated heterocycles. The van der Waals surface area contributed by atoms with Crippen LogP contribution in [0.15, 0.2) is 47.8 Å². The number of thiazole rings is 1. The zero-order valence-corrected chi connectivity index (χ0v) is 16.9. The van der Waals surface area contributed by atoms with Gasteiger partial charge in [-0.1, -0.05) is 29.8 Å². The molecule has 5 nitrogen and oxygen atoms in total. The Morgan fingerprint density at radius 1 is 1.24 bits per heavy atom. The van der Waals surface area contributed by atoms with Gasteiger partial charge in [0.25, 0.3) is 5.91 Å². The first-order valence-corrected chi connectivity index (χ1v) is 10.3. The molecule has 1 amide bonds. The van der Waals surface area contributed by atoms with Crippen LogP contribution in [0.4, 0.5) is 4.39 Å². The third-order valence-corrected chi connectivity index (χ3v) is 5.56. The maximum absolute atomic E-state index is 14.7. The monoisotopic (exact) mass is 412 g/mol. The van der Waals surface area contributed by atoms with Crippen molar-refractivity contribution >= 4 is 17.2 Å². The number of amides is 1. The first-order chi connectivity index (χ1) is 14.1. The Hall–Kier alpha value is -2.77. The Morgan fingerprint density at radius 3 is 2.83 bits per heavy atom. The van der Waals surface area contributed by atoms with Crippen LogP contribution >= 0.6 is 11.3 Å². The molecule has 7 heteroatoms. The summed E-state index contributed by atoms with van der Waals surface area (Å²) in [5.41, 5.74) is 2.88. The first kappa shape index (κ1) is 19.5. The summed E-state index contributed by atoms with van der Waals surface area (Å²) in [4.78, 5) is 18.6. The summed E-state index contributed by atoms with van der Waals surface area (Å²) < 4.78 is 25.6. The molecule has 1 aliphatic heterocycles. The number of ether oxygens (including phenoxy) is 2. The summed E-state index contributed by atoms with van der Waals surface area (Å²) in [7, 11) is 0. The quantitative estimate of drug-likeness (QED) is 0.627. The zero-order valence-electron chi connectivity index (χ0n) is 16.1. The van der Waals surface area contributed by atoms with Crippen LogP contribution in [0, 0.1) is 12.7 Å². The van der Waals surface area contributed by atoms with E-state index in [9.17, 15) is 9.18 Å². The van der Waals surface area contributed by atoms with E-state index in [1.54, 1.807) is 22.4 Å². The van der Waals surface area contributed by atoms with Gasteiger partial charge < -0.3 is 14.4 Å². The molecule has 3 aromatic rings. The van der Waals surface area contributed by atoms with E-state index in [4.69, 9.17) is 9.47 Å². The van der Waals surface area contributed by atoms with Crippen molar-refractivity contribution in [2.24, 2.45) is 0 Å². The van der Waals surface area contributed by atoms with Crippen molar-refractivity contribution in [2.45, 2.75) is 13.5 Å². The fourth-order valence-electron chi connectivity index (χ4n) is 3.15. The van der Waals surface area contributed by atoms with Gasteiger partial charge >= 0.3 is 0 Å². The molecule has 2 heterocycles. The van der Waals surface area contributed by atoms with Crippen molar-refractivity contribution in [1.82, 2.24) is 9.88 Å². The number of carbonyl (C=O) groups excluding carboxylic acids is 1. The molecule has 1 aliphatic rings. The minimum absolute atomic E-state index is 0.144. The van der Waals surface area contributed by atoms with Crippen molar-refractivity contribution in [3.8, 4) is 16.3 Å². The maximum Gasteiger partial charge on any atom is 0.273 e. The number of nitrogens with zero attached hydrogens (tertiary/aromatic N) is 2. The largest absolute Gasteiger partial charge is 0.489 e. The molecule has 2 aromatic carbocycles. The second-order valence-electron chi connectivity index (χ2n) is 6.86. The van der Waals surface area contributed by atoms with E-state index < -0.39 is 5.82 Å². The Morgan fingerprint density at radius 2 is 2.07 bits per heavy atom. The molecule has 29 heavy (non-hydrogen) atoms. The number of aromatic nitrogens is 1. The summed E-state index contributed by atoms with van der Waals surface area (Å²) in [5, 5.41) is 2.15. The molecule has 0 aliphatic carbocycles. The van der Waals surface area contributed by atoms with Crippen molar-refractivity contribution in [1.29, 1.82) is 0 Å². The van der Waals surface area contributed by atoms with Crippen LogP contribution in [0.3, 0.4) is 0 Å². The number of halogens is 1. The molecular formula is C22H21FN2O3S. The lowest BCUT2D eigenvalue weighted by Crippen LogP contribution is -2.40. The minimum Gasteiger partial charge on any atom is -0.489 e. The fraction of sp³-hybridized carbons (Fsp3) is 0.273. The second-order valence-corrected chi connectivity index (χ2v) is 7.72. The lowest BCUT2D eigenvalue weighted by atomic mass is 10.1. The summed E-state index contributed by atoms with van der Waals surface area (Å²) >= 11 is 1.26. The number of aryl methyl sites for hydroxylation is 1. The molecule has 0 saturated carbocycles. The highest BCUT2D eigenvalue weighted by molar-refractivity contribution is 7.13. The molecule has 4 rings (SSSR count). The van der Waals surface area contributed by atoms with Gasteiger partial charge in [-0.25, -0.2) is 9.37 Å². The molecule has 150 valence electrons. The Balaban J connectivity index is 1.45. The standard InChI is InChI=1S/C22H21FN2O3S/c1-15-3-2-4-16(11-15)13-28-17-5-6-18(19(23)12-17)21-24-20(14-29-21)22(26)25-7-9-27-10-8-25/h2-6,11-12,14H,7-10,13H2,1H3. The van der Waals surface area contributed by atoms with Gasteiger partial charge in [0, 0.05) is 30.1 Å². The van der Waals surface area contributed by atoms with Gasteiger partial charge in [-0.05, 0) is 24.6 Å². The fourth-order valence-corrected chi connectivity index (χ4v) is 3.97. The number of morpholine rings is 1. The molecule has 0 radical (unpaired) electrons. The van der Waals surface area contributed by atoms with Crippen LogP contribution in [0.1, 0.15) is 21.6 Å². The van der Waals surface area contributed by atoms with E-state index in [1.807, 2.05) is 31.2 Å². The minimum atomic E-state index is -0.425. The zero-order chi connectivity index (χ0) is 20.2. The van der Waals surface area contributed by atoms with E-state index in [-0.39, 0.29) is 5.91 Å². The Bertz CT molecular complexity index is 1010. The number of rotatable bonds is 5.